The molecule has 3 rings (SSSR count). The van der Waals surface area contributed by atoms with Crippen molar-refractivity contribution in [1.82, 2.24) is 0 Å². The zero-order valence-corrected chi connectivity index (χ0v) is 15.3. The first-order chi connectivity index (χ1) is 12.0. The van der Waals surface area contributed by atoms with E-state index in [2.05, 4.69) is 0 Å². The highest BCUT2D eigenvalue weighted by Crippen LogP contribution is 2.27. The van der Waals surface area contributed by atoms with E-state index in [-0.39, 0.29) is 11.4 Å². The Morgan fingerprint density at radius 1 is 0.840 bits per heavy atom. The van der Waals surface area contributed by atoms with E-state index in [0.717, 1.165) is 11.1 Å². The van der Waals surface area contributed by atoms with Crippen LogP contribution in [0.25, 0.3) is 0 Å². The average molecular weight is 372 g/mol. The van der Waals surface area contributed by atoms with Crippen LogP contribution in [0.4, 0.5) is 5.69 Å². The molecule has 3 aromatic carbocycles. The van der Waals surface area contributed by atoms with Gasteiger partial charge in [0.25, 0.3) is 10.0 Å². The summed E-state index contributed by atoms with van der Waals surface area (Å²) in [5.41, 5.74) is 2.62. The third-order valence-electron chi connectivity index (χ3n) is 3.89. The van der Waals surface area contributed by atoms with Crippen molar-refractivity contribution in [1.29, 1.82) is 0 Å². The second kappa shape index (κ2) is 7.30. The molecule has 0 radical (unpaired) electrons. The number of hydrogen-bond donors (Lipinski definition) is 0. The topological polar surface area (TPSA) is 37.4 Å². The number of aryl methyl sites for hydroxylation is 1. The Hall–Kier alpha value is -2.30. The molecule has 25 heavy (non-hydrogen) atoms. The largest absolute Gasteiger partial charge is 0.264 e. The van der Waals surface area contributed by atoms with Gasteiger partial charge in [-0.2, -0.15) is 0 Å². The van der Waals surface area contributed by atoms with Crippen LogP contribution in [0.5, 0.6) is 0 Å². The minimum absolute atomic E-state index is 0.216. The lowest BCUT2D eigenvalue weighted by molar-refractivity contribution is 0.590. The Morgan fingerprint density at radius 3 is 2.04 bits per heavy atom. The van der Waals surface area contributed by atoms with Crippen LogP contribution in [0.15, 0.2) is 83.8 Å². The third-order valence-corrected chi connectivity index (χ3v) is 5.93. The van der Waals surface area contributed by atoms with Gasteiger partial charge >= 0.3 is 0 Å². The number of rotatable bonds is 5. The summed E-state index contributed by atoms with van der Waals surface area (Å²) in [5, 5.41) is 0.504. The van der Waals surface area contributed by atoms with E-state index in [4.69, 9.17) is 11.6 Å². The summed E-state index contributed by atoms with van der Waals surface area (Å²) in [7, 11) is -3.71. The van der Waals surface area contributed by atoms with Gasteiger partial charge in [-0.15, -0.1) is 0 Å². The molecule has 0 heterocycles. The Kier molecular flexibility index (Phi) is 5.11. The third kappa shape index (κ3) is 4.03. The fraction of sp³-hybridized carbons (Fsp3) is 0.100. The van der Waals surface area contributed by atoms with Crippen LogP contribution < -0.4 is 4.31 Å². The molecule has 0 N–H and O–H groups in total. The van der Waals surface area contributed by atoms with Crippen LogP contribution in [0.2, 0.25) is 5.02 Å². The number of hydrogen-bond acceptors (Lipinski definition) is 2. The maximum Gasteiger partial charge on any atom is 0.264 e. The maximum atomic E-state index is 13.2. The van der Waals surface area contributed by atoms with Crippen molar-refractivity contribution in [3.05, 3.63) is 95.0 Å². The van der Waals surface area contributed by atoms with Gasteiger partial charge < -0.3 is 0 Å². The smallest absolute Gasteiger partial charge is 0.262 e. The summed E-state index contributed by atoms with van der Waals surface area (Å²) in [4.78, 5) is 0.216. The van der Waals surface area contributed by atoms with Crippen molar-refractivity contribution in [3.8, 4) is 0 Å². The second-order valence-electron chi connectivity index (χ2n) is 5.79. The van der Waals surface area contributed by atoms with Gasteiger partial charge in [0.2, 0.25) is 0 Å². The molecule has 0 aliphatic carbocycles. The monoisotopic (exact) mass is 371 g/mol. The van der Waals surface area contributed by atoms with Gasteiger partial charge in [-0.3, -0.25) is 4.31 Å². The fourth-order valence-corrected chi connectivity index (χ4v) is 4.09. The first-order valence-corrected chi connectivity index (χ1v) is 9.67. The molecule has 0 unspecified atom stereocenters. The van der Waals surface area contributed by atoms with Gasteiger partial charge in [-0.1, -0.05) is 59.6 Å². The van der Waals surface area contributed by atoms with E-state index in [1.165, 1.54) is 16.4 Å². The standard InChI is InChI=1S/C20H18ClNO2S/c1-16-7-11-19(12-8-16)22(15-17-5-3-2-4-6-17)25(23,24)20-13-9-18(21)10-14-20/h2-14H,15H2,1H3. The summed E-state index contributed by atoms with van der Waals surface area (Å²) in [6, 6.07) is 23.2. The number of anilines is 1. The molecular weight excluding hydrogens is 354 g/mol. The molecule has 0 aliphatic heterocycles. The van der Waals surface area contributed by atoms with Crippen molar-refractivity contribution in [2.24, 2.45) is 0 Å². The Balaban J connectivity index is 2.06. The molecule has 0 aliphatic rings. The average Bonchev–Trinajstić information content (AvgIpc) is 2.62. The van der Waals surface area contributed by atoms with Crippen LogP contribution in [0, 0.1) is 6.92 Å². The maximum absolute atomic E-state index is 13.2. The van der Waals surface area contributed by atoms with E-state index in [0.29, 0.717) is 10.7 Å². The highest BCUT2D eigenvalue weighted by Gasteiger charge is 2.25. The van der Waals surface area contributed by atoms with Crippen LogP contribution in [-0.2, 0) is 16.6 Å². The lowest BCUT2D eigenvalue weighted by atomic mass is 10.2. The fourth-order valence-electron chi connectivity index (χ4n) is 2.51. The van der Waals surface area contributed by atoms with E-state index >= 15 is 0 Å². The molecule has 0 atom stereocenters. The lowest BCUT2D eigenvalue weighted by Crippen LogP contribution is -2.30. The Bertz CT molecular complexity index is 937. The van der Waals surface area contributed by atoms with Gasteiger partial charge in [0.15, 0.2) is 0 Å². The molecule has 5 heteroatoms. The molecule has 0 saturated heterocycles. The van der Waals surface area contributed by atoms with Gasteiger partial charge in [0, 0.05) is 5.02 Å². The zero-order chi connectivity index (χ0) is 17.9. The van der Waals surface area contributed by atoms with Gasteiger partial charge in [-0.05, 0) is 48.9 Å². The Morgan fingerprint density at radius 2 is 1.44 bits per heavy atom. The molecule has 0 amide bonds. The van der Waals surface area contributed by atoms with Crippen molar-refractivity contribution in [3.63, 3.8) is 0 Å². The predicted molar refractivity (Wildman–Crippen MR) is 102 cm³/mol. The summed E-state index contributed by atoms with van der Waals surface area (Å²) >= 11 is 5.90. The van der Waals surface area contributed by atoms with E-state index in [9.17, 15) is 8.42 Å². The van der Waals surface area contributed by atoms with Crippen molar-refractivity contribution < 1.29 is 8.42 Å². The number of sulfonamides is 1. The molecule has 128 valence electrons. The summed E-state index contributed by atoms with van der Waals surface area (Å²) in [5.74, 6) is 0. The number of benzene rings is 3. The molecular formula is C20H18ClNO2S. The SMILES string of the molecule is Cc1ccc(N(Cc2ccccc2)S(=O)(=O)c2ccc(Cl)cc2)cc1. The summed E-state index contributed by atoms with van der Waals surface area (Å²) < 4.78 is 27.9. The van der Waals surface area contributed by atoms with Crippen molar-refractivity contribution in [2.75, 3.05) is 4.31 Å². The highest BCUT2D eigenvalue weighted by atomic mass is 35.5. The summed E-state index contributed by atoms with van der Waals surface area (Å²) in [6.45, 7) is 2.23. The van der Waals surface area contributed by atoms with E-state index < -0.39 is 10.0 Å². The molecule has 0 fully saturated rings. The van der Waals surface area contributed by atoms with Crippen LogP contribution in [0.3, 0.4) is 0 Å². The first kappa shape index (κ1) is 17.5. The Labute approximate surface area is 153 Å². The zero-order valence-electron chi connectivity index (χ0n) is 13.8. The molecule has 0 aromatic heterocycles. The van der Waals surface area contributed by atoms with Crippen LogP contribution >= 0.6 is 11.6 Å². The first-order valence-electron chi connectivity index (χ1n) is 7.86. The minimum atomic E-state index is -3.71. The van der Waals surface area contributed by atoms with Crippen LogP contribution in [-0.4, -0.2) is 8.42 Å². The van der Waals surface area contributed by atoms with Gasteiger partial charge in [0.05, 0.1) is 17.1 Å². The van der Waals surface area contributed by atoms with Gasteiger partial charge in [-0.25, -0.2) is 8.42 Å². The second-order valence-corrected chi connectivity index (χ2v) is 8.09. The quantitative estimate of drug-likeness (QED) is 0.629. The van der Waals surface area contributed by atoms with Crippen LogP contribution in [0.1, 0.15) is 11.1 Å². The molecule has 0 saturated carbocycles. The minimum Gasteiger partial charge on any atom is -0.262 e. The van der Waals surface area contributed by atoms with Crippen molar-refractivity contribution >= 4 is 27.3 Å². The number of nitrogens with zero attached hydrogens (tertiary/aromatic N) is 1. The molecule has 0 bridgehead atoms. The van der Waals surface area contributed by atoms with Crippen molar-refractivity contribution in [2.45, 2.75) is 18.4 Å². The highest BCUT2D eigenvalue weighted by molar-refractivity contribution is 7.92. The lowest BCUT2D eigenvalue weighted by Gasteiger charge is -2.25. The molecule has 3 aromatic rings. The van der Waals surface area contributed by atoms with E-state index in [1.54, 1.807) is 12.1 Å². The van der Waals surface area contributed by atoms with Gasteiger partial charge in [0.1, 0.15) is 0 Å². The molecule has 3 nitrogen and oxygen atoms in total. The van der Waals surface area contributed by atoms with E-state index in [1.807, 2.05) is 61.5 Å². The predicted octanol–water partition coefficient (Wildman–Crippen LogP) is 5.04. The molecule has 0 spiro atoms. The number of halogens is 1. The summed E-state index contributed by atoms with van der Waals surface area (Å²) in [6.07, 6.45) is 0. The normalized spacial score (nSPS) is 11.3.